The Morgan fingerprint density at radius 3 is 2.72 bits per heavy atom. The molecule has 0 spiro atoms. The van der Waals surface area contributed by atoms with E-state index in [-0.39, 0.29) is 23.1 Å². The molecule has 2 aliphatic heterocycles. The number of hydrogen-bond donors (Lipinski definition) is 2. The summed E-state index contributed by atoms with van der Waals surface area (Å²) >= 11 is 1.46. The predicted molar refractivity (Wildman–Crippen MR) is 126 cm³/mol. The number of aryl methyl sites for hydroxylation is 1. The maximum atomic E-state index is 12.9. The Balaban J connectivity index is 1.49. The fourth-order valence-electron chi connectivity index (χ4n) is 3.93. The number of rotatable bonds is 6. The number of benzene rings is 2. The van der Waals surface area contributed by atoms with Crippen LogP contribution in [-0.4, -0.2) is 44.0 Å². The normalized spacial score (nSPS) is 18.6. The lowest BCUT2D eigenvalue weighted by atomic mass is 10.1. The number of sulfonamides is 1. The summed E-state index contributed by atoms with van der Waals surface area (Å²) < 4.78 is 28.5. The lowest BCUT2D eigenvalue weighted by Gasteiger charge is -2.18. The van der Waals surface area contributed by atoms with Gasteiger partial charge in [-0.15, -0.1) is 11.8 Å². The zero-order valence-corrected chi connectivity index (χ0v) is 19.6. The lowest BCUT2D eigenvalue weighted by molar-refractivity contribution is -0.133. The molecule has 32 heavy (non-hydrogen) atoms. The Morgan fingerprint density at radius 2 is 1.97 bits per heavy atom. The average Bonchev–Trinajstić information content (AvgIpc) is 3.27. The molecular weight excluding hydrogens is 446 g/mol. The van der Waals surface area contributed by atoms with E-state index in [2.05, 4.69) is 10.0 Å². The third kappa shape index (κ3) is 5.10. The molecule has 2 amide bonds. The Bertz CT molecular complexity index is 1130. The molecule has 1 atom stereocenters. The third-order valence-electron chi connectivity index (χ3n) is 5.80. The number of thioether (sulfide) groups is 1. The number of carbonyl (C=O) groups is 2. The van der Waals surface area contributed by atoms with Crippen LogP contribution < -0.4 is 10.0 Å². The van der Waals surface area contributed by atoms with E-state index in [0.717, 1.165) is 42.8 Å². The van der Waals surface area contributed by atoms with Crippen molar-refractivity contribution >= 4 is 45.0 Å². The van der Waals surface area contributed by atoms with Gasteiger partial charge in [-0.1, -0.05) is 19.1 Å². The highest BCUT2D eigenvalue weighted by molar-refractivity contribution is 7.99. The molecule has 2 aliphatic rings. The van der Waals surface area contributed by atoms with Crippen LogP contribution in [0.15, 0.2) is 52.3 Å². The number of amides is 2. The van der Waals surface area contributed by atoms with Crippen LogP contribution >= 0.6 is 11.8 Å². The van der Waals surface area contributed by atoms with Gasteiger partial charge >= 0.3 is 0 Å². The molecular formula is C23H27N3O4S2. The van der Waals surface area contributed by atoms with Crippen molar-refractivity contribution < 1.29 is 18.0 Å². The van der Waals surface area contributed by atoms with Crippen LogP contribution in [0.3, 0.4) is 0 Å². The average molecular weight is 474 g/mol. The first-order chi connectivity index (χ1) is 15.4. The Labute approximate surface area is 193 Å². The fourth-order valence-corrected chi connectivity index (χ4v) is 6.08. The van der Waals surface area contributed by atoms with Crippen LogP contribution in [0.25, 0.3) is 0 Å². The Kier molecular flexibility index (Phi) is 6.76. The number of carbonyl (C=O) groups excluding carboxylic acids is 2. The number of hydrogen-bond acceptors (Lipinski definition) is 5. The van der Waals surface area contributed by atoms with Crippen LogP contribution in [0.2, 0.25) is 0 Å². The summed E-state index contributed by atoms with van der Waals surface area (Å²) in [5, 5.41) is 2.84. The van der Waals surface area contributed by atoms with Gasteiger partial charge in [0, 0.05) is 35.8 Å². The van der Waals surface area contributed by atoms with E-state index in [1.165, 1.54) is 17.8 Å². The molecule has 9 heteroatoms. The van der Waals surface area contributed by atoms with Gasteiger partial charge in [0.15, 0.2) is 0 Å². The number of nitrogens with one attached hydrogen (secondary N) is 2. The van der Waals surface area contributed by atoms with Crippen molar-refractivity contribution in [3.63, 3.8) is 0 Å². The first-order valence-electron chi connectivity index (χ1n) is 10.8. The van der Waals surface area contributed by atoms with Gasteiger partial charge in [0.05, 0.1) is 16.5 Å². The molecule has 1 fully saturated rings. The number of nitrogens with zero attached hydrogens (tertiary/aromatic N) is 1. The van der Waals surface area contributed by atoms with E-state index >= 15 is 0 Å². The van der Waals surface area contributed by atoms with Gasteiger partial charge in [-0.05, 0) is 55.2 Å². The van der Waals surface area contributed by atoms with Gasteiger partial charge < -0.3 is 10.2 Å². The molecule has 2 N–H and O–H groups in total. The monoisotopic (exact) mass is 473 g/mol. The second-order valence-electron chi connectivity index (χ2n) is 8.11. The fraction of sp³-hybridized carbons (Fsp3) is 0.391. The molecule has 2 aromatic carbocycles. The van der Waals surface area contributed by atoms with E-state index in [1.807, 2.05) is 24.0 Å². The summed E-state index contributed by atoms with van der Waals surface area (Å²) in [5.41, 5.74) is 1.99. The smallest absolute Gasteiger partial charge is 0.261 e. The molecule has 0 saturated carbocycles. The topological polar surface area (TPSA) is 95.6 Å². The summed E-state index contributed by atoms with van der Waals surface area (Å²) in [6.07, 6.45) is 3.00. The highest BCUT2D eigenvalue weighted by Crippen LogP contribution is 2.35. The molecule has 170 valence electrons. The van der Waals surface area contributed by atoms with E-state index in [0.29, 0.717) is 17.1 Å². The van der Waals surface area contributed by atoms with Crippen LogP contribution in [0, 0.1) is 5.92 Å². The second-order valence-corrected chi connectivity index (χ2v) is 10.9. The van der Waals surface area contributed by atoms with Crippen molar-refractivity contribution in [2.45, 2.75) is 42.4 Å². The van der Waals surface area contributed by atoms with Gasteiger partial charge in [0.25, 0.3) is 10.0 Å². The lowest BCUT2D eigenvalue weighted by Crippen LogP contribution is -2.33. The maximum absolute atomic E-state index is 12.9. The highest BCUT2D eigenvalue weighted by atomic mass is 32.2. The summed E-state index contributed by atoms with van der Waals surface area (Å²) in [5.74, 6) is -0.208. The summed E-state index contributed by atoms with van der Waals surface area (Å²) in [7, 11) is -3.82. The molecule has 0 aromatic heterocycles. The number of anilines is 2. The molecule has 0 radical (unpaired) electrons. The van der Waals surface area contributed by atoms with Gasteiger partial charge in [-0.3, -0.25) is 14.3 Å². The minimum atomic E-state index is -3.82. The largest absolute Gasteiger partial charge is 0.343 e. The van der Waals surface area contributed by atoms with Crippen molar-refractivity contribution in [3.8, 4) is 0 Å². The summed E-state index contributed by atoms with van der Waals surface area (Å²) in [6, 6.07) is 12.0. The molecule has 1 saturated heterocycles. The van der Waals surface area contributed by atoms with Crippen LogP contribution in [-0.2, 0) is 26.0 Å². The van der Waals surface area contributed by atoms with Gasteiger partial charge in [0.2, 0.25) is 11.8 Å². The molecule has 7 nitrogen and oxygen atoms in total. The second kappa shape index (κ2) is 9.54. The third-order valence-corrected chi connectivity index (χ3v) is 8.41. The Hall–Kier alpha value is -2.52. The highest BCUT2D eigenvalue weighted by Gasteiger charge is 2.30. The van der Waals surface area contributed by atoms with Gasteiger partial charge in [0.1, 0.15) is 0 Å². The van der Waals surface area contributed by atoms with Crippen LogP contribution in [0.1, 0.15) is 31.7 Å². The first kappa shape index (κ1) is 22.7. The van der Waals surface area contributed by atoms with Crippen molar-refractivity contribution in [2.24, 2.45) is 5.92 Å². The molecule has 2 aromatic rings. The molecule has 2 heterocycles. The summed E-state index contributed by atoms with van der Waals surface area (Å²) in [6.45, 7) is 3.53. The van der Waals surface area contributed by atoms with Crippen molar-refractivity contribution in [3.05, 3.63) is 48.0 Å². The predicted octanol–water partition coefficient (Wildman–Crippen LogP) is 3.72. The standard InChI is InChI=1S/C23H27N3O4S2/c1-2-16-6-5-7-18(12-16)25-32(29,30)19-8-9-21-20(14-19)24-23(28)17(15-31-21)13-22(27)26-10-3-4-11-26/h5-9,12,14,17,25H,2-4,10-11,13,15H2,1H3,(H,24,28). The number of likely N-dealkylation sites (tertiary alicyclic amines) is 1. The zero-order valence-electron chi connectivity index (χ0n) is 18.0. The molecule has 1 unspecified atom stereocenters. The SMILES string of the molecule is CCc1cccc(NS(=O)(=O)c2ccc3c(c2)NC(=O)C(CC(=O)N2CCCC2)CS3)c1. The van der Waals surface area contributed by atoms with E-state index in [4.69, 9.17) is 0 Å². The zero-order chi connectivity index (χ0) is 22.7. The van der Waals surface area contributed by atoms with Crippen molar-refractivity contribution in [1.29, 1.82) is 0 Å². The van der Waals surface area contributed by atoms with E-state index in [1.54, 1.807) is 24.3 Å². The molecule has 0 bridgehead atoms. The van der Waals surface area contributed by atoms with Gasteiger partial charge in [-0.25, -0.2) is 8.42 Å². The molecule has 4 rings (SSSR count). The maximum Gasteiger partial charge on any atom is 0.261 e. The van der Waals surface area contributed by atoms with Crippen molar-refractivity contribution in [1.82, 2.24) is 4.90 Å². The quantitative estimate of drug-likeness (QED) is 0.667. The Morgan fingerprint density at radius 1 is 1.19 bits per heavy atom. The van der Waals surface area contributed by atoms with Crippen LogP contribution in [0.5, 0.6) is 0 Å². The number of fused-ring (bicyclic) bond motifs is 1. The van der Waals surface area contributed by atoms with Gasteiger partial charge in [-0.2, -0.15) is 0 Å². The first-order valence-corrected chi connectivity index (χ1v) is 13.3. The minimum absolute atomic E-state index is 0.0102. The minimum Gasteiger partial charge on any atom is -0.343 e. The van der Waals surface area contributed by atoms with Crippen LogP contribution in [0.4, 0.5) is 11.4 Å². The van der Waals surface area contributed by atoms with E-state index in [9.17, 15) is 18.0 Å². The molecule has 0 aliphatic carbocycles. The summed E-state index contributed by atoms with van der Waals surface area (Å²) in [4.78, 5) is 28.0. The van der Waals surface area contributed by atoms with Crippen molar-refractivity contribution in [2.75, 3.05) is 28.9 Å². The van der Waals surface area contributed by atoms with E-state index < -0.39 is 15.9 Å².